The van der Waals surface area contributed by atoms with Crippen molar-refractivity contribution in [1.82, 2.24) is 10.6 Å². The Bertz CT molecular complexity index is 2440. The van der Waals surface area contributed by atoms with Crippen molar-refractivity contribution in [2.24, 2.45) is 0 Å². The van der Waals surface area contributed by atoms with Crippen molar-refractivity contribution in [3.05, 3.63) is 216 Å². The van der Waals surface area contributed by atoms with Gasteiger partial charge in [0.25, 0.3) is 0 Å². The summed E-state index contributed by atoms with van der Waals surface area (Å²) in [5.74, 6) is 0.855. The Balaban J connectivity index is 1.09. The van der Waals surface area contributed by atoms with E-state index in [2.05, 4.69) is 196 Å². The molecule has 0 aliphatic carbocycles. The third kappa shape index (κ3) is 6.02. The quantitative estimate of drug-likeness (QED) is 0.133. The Hall–Kier alpha value is -6.76. The zero-order valence-corrected chi connectivity index (χ0v) is 29.6. The van der Waals surface area contributed by atoms with Crippen molar-refractivity contribution in [2.45, 2.75) is 24.6 Å². The maximum Gasteiger partial charge on any atom is 0.196 e. The average molecular weight is 702 g/mol. The second-order valence-corrected chi connectivity index (χ2v) is 14.0. The molecule has 262 valence electrons. The third-order valence-corrected chi connectivity index (χ3v) is 10.5. The molecule has 6 nitrogen and oxygen atoms in total. The topological polar surface area (TPSA) is 60.6 Å². The van der Waals surface area contributed by atoms with Crippen LogP contribution in [-0.4, -0.2) is 0 Å². The normalized spacial score (nSPS) is 19.7. The number of hydrogen-bond donors (Lipinski definition) is 4. The van der Waals surface area contributed by atoms with Gasteiger partial charge in [0.15, 0.2) is 6.23 Å². The number of nitrogens with one attached hydrogen (secondary N) is 4. The van der Waals surface area contributed by atoms with Gasteiger partial charge in [0.2, 0.25) is 0 Å². The molecule has 4 atom stereocenters. The van der Waals surface area contributed by atoms with E-state index in [9.17, 15) is 0 Å². The number of anilines is 4. The fourth-order valence-corrected chi connectivity index (χ4v) is 7.93. The van der Waals surface area contributed by atoms with Gasteiger partial charge in [-0.3, -0.25) is 5.32 Å². The number of hydrogen-bond acceptors (Lipinski definition) is 6. The lowest BCUT2D eigenvalue weighted by atomic mass is 9.94. The molecule has 0 aromatic heterocycles. The highest BCUT2D eigenvalue weighted by Gasteiger charge is 2.34. The lowest BCUT2D eigenvalue weighted by Gasteiger charge is -2.34. The molecule has 54 heavy (non-hydrogen) atoms. The predicted molar refractivity (Wildman–Crippen MR) is 219 cm³/mol. The smallest absolute Gasteiger partial charge is 0.196 e. The van der Waals surface area contributed by atoms with Crippen LogP contribution in [0.2, 0.25) is 0 Å². The minimum atomic E-state index is -0.346. The Morgan fingerprint density at radius 2 is 1.11 bits per heavy atom. The van der Waals surface area contributed by atoms with E-state index in [4.69, 9.17) is 4.74 Å². The first-order valence-corrected chi connectivity index (χ1v) is 18.6. The highest BCUT2D eigenvalue weighted by atomic mass is 16.5. The third-order valence-electron chi connectivity index (χ3n) is 10.5. The van der Waals surface area contributed by atoms with Crippen LogP contribution in [0, 0.1) is 0 Å². The van der Waals surface area contributed by atoms with Crippen molar-refractivity contribution in [3.63, 3.8) is 0 Å². The molecule has 7 aromatic carbocycles. The Kier molecular flexibility index (Phi) is 8.08. The van der Waals surface area contributed by atoms with Gasteiger partial charge in [-0.15, -0.1) is 0 Å². The highest BCUT2D eigenvalue weighted by molar-refractivity contribution is 5.83. The first-order chi connectivity index (χ1) is 26.7. The molecule has 3 aliphatic heterocycles. The van der Waals surface area contributed by atoms with E-state index in [1.54, 1.807) is 0 Å². The average Bonchev–Trinajstić information content (AvgIpc) is 3.87. The summed E-state index contributed by atoms with van der Waals surface area (Å²) in [6, 6.07) is 64.2. The summed E-state index contributed by atoms with van der Waals surface area (Å²) in [6.07, 6.45) is 1.59. The number of benzene rings is 7. The maximum atomic E-state index is 6.57. The molecule has 7 aromatic rings. The molecule has 0 bridgehead atoms. The molecule has 0 radical (unpaired) electrons. The fraction of sp³-hybridized carbons (Fsp3) is 0.0833. The zero-order valence-electron chi connectivity index (χ0n) is 29.6. The molecule has 0 fully saturated rings. The van der Waals surface area contributed by atoms with Crippen LogP contribution >= 0.6 is 0 Å². The van der Waals surface area contributed by atoms with Crippen LogP contribution in [0.3, 0.4) is 0 Å². The van der Waals surface area contributed by atoms with Crippen LogP contribution in [0.5, 0.6) is 5.75 Å². The van der Waals surface area contributed by atoms with Gasteiger partial charge < -0.3 is 25.6 Å². The molecular formula is C48H39N5O. The Morgan fingerprint density at radius 3 is 1.91 bits per heavy atom. The minimum absolute atomic E-state index is 0.0537. The SMILES string of the molecule is C1=C(c2ccccc2)NC(c2cc(C3Nc4ccccc4O3)cc(C3Nc4ccccc4N3c3ccccc3)c2)NC1c1cccc(-c2ccccc2)c1. The summed E-state index contributed by atoms with van der Waals surface area (Å²) in [6.45, 7) is 0. The van der Waals surface area contributed by atoms with Crippen molar-refractivity contribution >= 4 is 28.4 Å². The number of ether oxygens (including phenoxy) is 1. The van der Waals surface area contributed by atoms with Gasteiger partial charge in [-0.05, 0) is 100 Å². The minimum Gasteiger partial charge on any atom is -0.464 e. The molecule has 0 amide bonds. The monoisotopic (exact) mass is 701 g/mol. The maximum absolute atomic E-state index is 6.57. The molecule has 0 saturated carbocycles. The summed E-state index contributed by atoms with van der Waals surface area (Å²) in [5, 5.41) is 15.4. The van der Waals surface area contributed by atoms with E-state index in [-0.39, 0.29) is 24.6 Å². The summed E-state index contributed by atoms with van der Waals surface area (Å²) < 4.78 is 6.57. The van der Waals surface area contributed by atoms with Crippen molar-refractivity contribution in [3.8, 4) is 16.9 Å². The lowest BCUT2D eigenvalue weighted by Crippen LogP contribution is -2.40. The Morgan fingerprint density at radius 1 is 0.463 bits per heavy atom. The first kappa shape index (κ1) is 31.9. The standard InChI is InChI=1S/C48H39N5O/c1-4-15-32(16-5-1)34-19-14-20-35(27-34)43-31-42(33-17-6-2-7-18-33)49-46(50-43)36-28-37(30-38(29-36)48-52-41-24-11-13-26-45(41)54-48)47-51-40-23-10-12-25-44(40)53(47)39-21-8-3-9-22-39/h1-31,43,46-52H. The second kappa shape index (κ2) is 13.7. The van der Waals surface area contributed by atoms with E-state index in [1.165, 1.54) is 16.7 Å². The van der Waals surface area contributed by atoms with Gasteiger partial charge in [0, 0.05) is 16.9 Å². The largest absolute Gasteiger partial charge is 0.464 e. The molecule has 6 heteroatoms. The molecule has 4 N–H and O–H groups in total. The number of para-hydroxylation sites is 5. The lowest BCUT2D eigenvalue weighted by molar-refractivity contribution is 0.259. The van der Waals surface area contributed by atoms with Gasteiger partial charge in [0.1, 0.15) is 18.1 Å². The van der Waals surface area contributed by atoms with Crippen LogP contribution in [-0.2, 0) is 0 Å². The fourth-order valence-electron chi connectivity index (χ4n) is 7.93. The van der Waals surface area contributed by atoms with E-state index >= 15 is 0 Å². The molecule has 3 aliphatic rings. The predicted octanol–water partition coefficient (Wildman–Crippen LogP) is 11.1. The van der Waals surface area contributed by atoms with Gasteiger partial charge in [-0.1, -0.05) is 121 Å². The van der Waals surface area contributed by atoms with Crippen molar-refractivity contribution < 1.29 is 4.74 Å². The molecule has 10 rings (SSSR count). The zero-order chi connectivity index (χ0) is 35.8. The summed E-state index contributed by atoms with van der Waals surface area (Å²) in [7, 11) is 0. The molecule has 0 spiro atoms. The number of fused-ring (bicyclic) bond motifs is 2. The van der Waals surface area contributed by atoms with Crippen LogP contribution in [0.4, 0.5) is 22.7 Å². The summed E-state index contributed by atoms with van der Waals surface area (Å²) >= 11 is 0. The van der Waals surface area contributed by atoms with Gasteiger partial charge >= 0.3 is 0 Å². The highest BCUT2D eigenvalue weighted by Crippen LogP contribution is 2.47. The molecule has 3 heterocycles. The van der Waals surface area contributed by atoms with E-state index in [0.717, 1.165) is 56.4 Å². The van der Waals surface area contributed by atoms with Gasteiger partial charge in [-0.25, -0.2) is 0 Å². The van der Waals surface area contributed by atoms with Crippen LogP contribution in [0.25, 0.3) is 16.8 Å². The van der Waals surface area contributed by atoms with E-state index in [1.807, 2.05) is 18.2 Å². The van der Waals surface area contributed by atoms with Crippen molar-refractivity contribution in [2.75, 3.05) is 15.5 Å². The number of rotatable bonds is 7. The molecule has 4 unspecified atom stereocenters. The van der Waals surface area contributed by atoms with Gasteiger partial charge in [0.05, 0.1) is 23.1 Å². The molecule has 0 saturated heterocycles. The van der Waals surface area contributed by atoms with Crippen LogP contribution in [0.1, 0.15) is 52.4 Å². The summed E-state index contributed by atoms with van der Waals surface area (Å²) in [4.78, 5) is 2.39. The molecular weight excluding hydrogens is 663 g/mol. The van der Waals surface area contributed by atoms with E-state index in [0.29, 0.717) is 0 Å². The van der Waals surface area contributed by atoms with Crippen molar-refractivity contribution in [1.29, 1.82) is 0 Å². The number of nitrogens with zero attached hydrogens (tertiary/aromatic N) is 1. The summed E-state index contributed by atoms with van der Waals surface area (Å²) in [5.41, 5.74) is 13.5. The van der Waals surface area contributed by atoms with Crippen LogP contribution < -0.4 is 30.9 Å². The van der Waals surface area contributed by atoms with E-state index < -0.39 is 0 Å². The van der Waals surface area contributed by atoms with Crippen LogP contribution in [0.15, 0.2) is 188 Å². The van der Waals surface area contributed by atoms with Gasteiger partial charge in [-0.2, -0.15) is 0 Å². The Labute approximate surface area is 315 Å². The second-order valence-electron chi connectivity index (χ2n) is 14.0. The first-order valence-electron chi connectivity index (χ1n) is 18.6.